The summed E-state index contributed by atoms with van der Waals surface area (Å²) in [5.74, 6) is 2.80. The third kappa shape index (κ3) is 6.06. The summed E-state index contributed by atoms with van der Waals surface area (Å²) >= 11 is 0. The van der Waals surface area contributed by atoms with E-state index in [1.807, 2.05) is 18.5 Å². The number of nitrogens with zero attached hydrogens (tertiary/aromatic N) is 4. The van der Waals surface area contributed by atoms with Crippen LogP contribution in [0.25, 0.3) is 0 Å². The van der Waals surface area contributed by atoms with Crippen LogP contribution in [0.1, 0.15) is 82.8 Å². The van der Waals surface area contributed by atoms with Crippen LogP contribution < -0.4 is 10.6 Å². The number of aliphatic imine (C=N–C) groups is 1. The van der Waals surface area contributed by atoms with Crippen molar-refractivity contribution >= 4 is 29.9 Å². The minimum absolute atomic E-state index is 0. The zero-order valence-electron chi connectivity index (χ0n) is 17.3. The minimum atomic E-state index is 0. The average molecular weight is 488 g/mol. The van der Waals surface area contributed by atoms with E-state index in [4.69, 9.17) is 4.99 Å². The summed E-state index contributed by atoms with van der Waals surface area (Å²) in [6, 6.07) is 0.553. The molecule has 0 spiro atoms. The molecule has 0 saturated heterocycles. The highest BCUT2D eigenvalue weighted by molar-refractivity contribution is 14.0. The van der Waals surface area contributed by atoms with Gasteiger partial charge in [-0.3, -0.25) is 0 Å². The maximum Gasteiger partial charge on any atom is 0.191 e. The molecule has 3 rings (SSSR count). The summed E-state index contributed by atoms with van der Waals surface area (Å²) in [5, 5.41) is 15.8. The van der Waals surface area contributed by atoms with Crippen LogP contribution in [0.2, 0.25) is 0 Å². The molecule has 6 nitrogen and oxygen atoms in total. The van der Waals surface area contributed by atoms with E-state index in [0.29, 0.717) is 18.0 Å². The van der Waals surface area contributed by atoms with Crippen LogP contribution >= 0.6 is 24.0 Å². The quantitative estimate of drug-likeness (QED) is 0.360. The molecule has 0 aliphatic heterocycles. The molecule has 2 aliphatic carbocycles. The van der Waals surface area contributed by atoms with Crippen molar-refractivity contribution in [3.63, 3.8) is 0 Å². The standard InChI is InChI=1S/C20H36N6.HI/c1-4-20(12-8-9-13-20)15-22-19(23-17-10-6-5-7-11-17)21-14-18-25-24-16(2)26(18)3;/h17H,4-15H2,1-3H3,(H2,21,22,23);1H. The van der Waals surface area contributed by atoms with Crippen molar-refractivity contribution in [3.8, 4) is 0 Å². The molecular weight excluding hydrogens is 451 g/mol. The second kappa shape index (κ2) is 10.6. The van der Waals surface area contributed by atoms with Crippen molar-refractivity contribution in [2.24, 2.45) is 17.5 Å². The predicted octanol–water partition coefficient (Wildman–Crippen LogP) is 4.08. The van der Waals surface area contributed by atoms with E-state index in [1.54, 1.807) is 0 Å². The summed E-state index contributed by atoms with van der Waals surface area (Å²) in [5.41, 5.74) is 0.455. The number of nitrogens with one attached hydrogen (secondary N) is 2. The highest BCUT2D eigenvalue weighted by Crippen LogP contribution is 2.40. The van der Waals surface area contributed by atoms with E-state index in [9.17, 15) is 0 Å². The fourth-order valence-corrected chi connectivity index (χ4v) is 4.38. The Labute approximate surface area is 181 Å². The Morgan fingerprint density at radius 2 is 1.85 bits per heavy atom. The summed E-state index contributed by atoms with van der Waals surface area (Å²) in [6.07, 6.45) is 13.2. The summed E-state index contributed by atoms with van der Waals surface area (Å²) in [7, 11) is 2.01. The van der Waals surface area contributed by atoms with Gasteiger partial charge >= 0.3 is 0 Å². The van der Waals surface area contributed by atoms with Gasteiger partial charge in [0.15, 0.2) is 11.8 Å². The molecule has 2 aliphatic rings. The molecule has 154 valence electrons. The number of rotatable bonds is 6. The summed E-state index contributed by atoms with van der Waals surface area (Å²) in [6.45, 7) is 5.91. The van der Waals surface area contributed by atoms with Crippen LogP contribution in [-0.2, 0) is 13.6 Å². The minimum Gasteiger partial charge on any atom is -0.356 e. The number of aromatic nitrogens is 3. The monoisotopic (exact) mass is 488 g/mol. The van der Waals surface area contributed by atoms with Crippen LogP contribution in [0.5, 0.6) is 0 Å². The summed E-state index contributed by atoms with van der Waals surface area (Å²) in [4.78, 5) is 4.86. The Morgan fingerprint density at radius 3 is 2.44 bits per heavy atom. The smallest absolute Gasteiger partial charge is 0.191 e. The van der Waals surface area contributed by atoms with Crippen molar-refractivity contribution < 1.29 is 0 Å². The number of hydrogen-bond donors (Lipinski definition) is 2. The van der Waals surface area contributed by atoms with E-state index in [0.717, 1.165) is 24.2 Å². The third-order valence-corrected chi connectivity index (χ3v) is 6.55. The molecule has 0 unspecified atom stereocenters. The number of guanidine groups is 1. The van der Waals surface area contributed by atoms with E-state index < -0.39 is 0 Å². The number of halogens is 1. The van der Waals surface area contributed by atoms with E-state index in [1.165, 1.54) is 64.2 Å². The van der Waals surface area contributed by atoms with Gasteiger partial charge < -0.3 is 15.2 Å². The van der Waals surface area contributed by atoms with Crippen molar-refractivity contribution in [2.75, 3.05) is 6.54 Å². The van der Waals surface area contributed by atoms with Gasteiger partial charge in [-0.2, -0.15) is 0 Å². The predicted molar refractivity (Wildman–Crippen MR) is 121 cm³/mol. The van der Waals surface area contributed by atoms with Crippen LogP contribution in [0, 0.1) is 12.3 Å². The largest absolute Gasteiger partial charge is 0.356 e. The van der Waals surface area contributed by atoms with Gasteiger partial charge in [0.05, 0.1) is 0 Å². The molecule has 0 aromatic carbocycles. The third-order valence-electron chi connectivity index (χ3n) is 6.55. The Hall–Kier alpha value is -0.860. The Morgan fingerprint density at radius 1 is 1.15 bits per heavy atom. The first-order valence-corrected chi connectivity index (χ1v) is 10.5. The zero-order chi connectivity index (χ0) is 18.4. The fourth-order valence-electron chi connectivity index (χ4n) is 4.38. The van der Waals surface area contributed by atoms with E-state index >= 15 is 0 Å². The van der Waals surface area contributed by atoms with Gasteiger partial charge in [-0.15, -0.1) is 34.2 Å². The topological polar surface area (TPSA) is 67.1 Å². The Kier molecular flexibility index (Phi) is 8.82. The molecule has 2 fully saturated rings. The van der Waals surface area contributed by atoms with Gasteiger partial charge in [0.1, 0.15) is 12.4 Å². The van der Waals surface area contributed by atoms with Crippen molar-refractivity contribution in [2.45, 2.75) is 90.6 Å². The maximum atomic E-state index is 4.86. The molecule has 2 saturated carbocycles. The maximum absolute atomic E-state index is 4.86. The normalized spacial score (nSPS) is 20.3. The molecule has 1 aromatic rings. The van der Waals surface area contributed by atoms with Gasteiger partial charge in [-0.1, -0.05) is 39.0 Å². The van der Waals surface area contributed by atoms with Gasteiger partial charge in [-0.05, 0) is 44.4 Å². The first kappa shape index (κ1) is 22.4. The molecule has 0 atom stereocenters. The zero-order valence-corrected chi connectivity index (χ0v) is 19.6. The first-order chi connectivity index (χ1) is 12.6. The molecule has 0 bridgehead atoms. The van der Waals surface area contributed by atoms with Gasteiger partial charge in [-0.25, -0.2) is 4.99 Å². The van der Waals surface area contributed by atoms with Crippen molar-refractivity contribution in [3.05, 3.63) is 11.6 Å². The molecule has 0 amide bonds. The van der Waals surface area contributed by atoms with Gasteiger partial charge in [0.2, 0.25) is 0 Å². The average Bonchev–Trinajstić information content (AvgIpc) is 3.27. The van der Waals surface area contributed by atoms with Gasteiger partial charge in [0, 0.05) is 19.6 Å². The fraction of sp³-hybridized carbons (Fsp3) is 0.850. The second-order valence-corrected chi connectivity index (χ2v) is 8.28. The lowest BCUT2D eigenvalue weighted by molar-refractivity contribution is 0.282. The van der Waals surface area contributed by atoms with Crippen LogP contribution in [-0.4, -0.2) is 33.3 Å². The highest BCUT2D eigenvalue weighted by Gasteiger charge is 2.32. The lowest BCUT2D eigenvalue weighted by atomic mass is 9.83. The second-order valence-electron chi connectivity index (χ2n) is 8.28. The van der Waals surface area contributed by atoms with Crippen LogP contribution in [0.15, 0.2) is 4.99 Å². The van der Waals surface area contributed by atoms with Crippen LogP contribution in [0.4, 0.5) is 0 Å². The van der Waals surface area contributed by atoms with Gasteiger partial charge in [0.25, 0.3) is 0 Å². The van der Waals surface area contributed by atoms with Crippen molar-refractivity contribution in [1.29, 1.82) is 0 Å². The van der Waals surface area contributed by atoms with Crippen molar-refractivity contribution in [1.82, 2.24) is 25.4 Å². The molecule has 7 heteroatoms. The van der Waals surface area contributed by atoms with E-state index in [-0.39, 0.29) is 24.0 Å². The molecule has 1 heterocycles. The molecule has 2 N–H and O–H groups in total. The first-order valence-electron chi connectivity index (χ1n) is 10.5. The summed E-state index contributed by atoms with van der Waals surface area (Å²) < 4.78 is 2.02. The number of aryl methyl sites for hydroxylation is 1. The van der Waals surface area contributed by atoms with Crippen LogP contribution in [0.3, 0.4) is 0 Å². The highest BCUT2D eigenvalue weighted by atomic mass is 127. The lowest BCUT2D eigenvalue weighted by Crippen LogP contribution is -2.47. The van der Waals surface area contributed by atoms with E-state index in [2.05, 4.69) is 27.8 Å². The Balaban J connectivity index is 0.00000261. The lowest BCUT2D eigenvalue weighted by Gasteiger charge is -2.30. The molecular formula is C20H37IN6. The Bertz CT molecular complexity index is 600. The molecule has 0 radical (unpaired) electrons. The number of hydrogen-bond acceptors (Lipinski definition) is 3. The molecule has 1 aromatic heterocycles. The SMILES string of the molecule is CCC1(CNC(=NCc2nnc(C)n2C)NC2CCCCC2)CCCC1.I. The molecule has 27 heavy (non-hydrogen) atoms.